The van der Waals surface area contributed by atoms with E-state index in [1.54, 1.807) is 0 Å². The molecule has 1 N–H and O–H groups in total. The smallest absolute Gasteiger partial charge is 0.215 e. The Morgan fingerprint density at radius 3 is 2.88 bits per heavy atom. The second-order valence-corrected chi connectivity index (χ2v) is 4.54. The molecule has 0 unspecified atom stereocenters. The molecule has 0 bridgehead atoms. The van der Waals surface area contributed by atoms with E-state index >= 15 is 0 Å². The Balaban J connectivity index is 2.01. The number of nitrogens with zero attached hydrogens (tertiary/aromatic N) is 4. The Hall–Kier alpha value is -1.56. The Bertz CT molecular complexity index is 492. The predicted octanol–water partition coefficient (Wildman–Crippen LogP) is 2.00. The minimum atomic E-state index is 0.0130. The second kappa shape index (κ2) is 5.18. The van der Waals surface area contributed by atoms with E-state index in [2.05, 4.69) is 15.1 Å². The summed E-state index contributed by atoms with van der Waals surface area (Å²) in [4.78, 5) is 8.18. The van der Waals surface area contributed by atoms with Crippen LogP contribution in [0.15, 0.2) is 23.5 Å². The molecule has 0 amide bonds. The van der Waals surface area contributed by atoms with Crippen molar-refractivity contribution in [2.45, 2.75) is 31.3 Å². The van der Waals surface area contributed by atoms with Gasteiger partial charge in [0.25, 0.3) is 0 Å². The molecule has 6 heteroatoms. The fourth-order valence-corrected chi connectivity index (χ4v) is 2.18. The summed E-state index contributed by atoms with van der Waals surface area (Å²) in [6, 6.07) is 3.52. The second-order valence-electron chi connectivity index (χ2n) is 3.60. The molecule has 2 aromatic heterocycles. The van der Waals surface area contributed by atoms with Crippen molar-refractivity contribution in [1.29, 1.82) is 0 Å². The lowest BCUT2D eigenvalue weighted by Gasteiger charge is -2.00. The first-order chi connectivity index (χ1) is 8.17. The maximum Gasteiger partial charge on any atom is 0.215 e. The van der Waals surface area contributed by atoms with E-state index in [0.717, 1.165) is 17.9 Å². The summed E-state index contributed by atoms with van der Waals surface area (Å²) in [5.41, 5.74) is 1.75. The summed E-state index contributed by atoms with van der Waals surface area (Å²) in [5, 5.41) is 14.3. The molecule has 0 atom stereocenters. The molecule has 90 valence electrons. The summed E-state index contributed by atoms with van der Waals surface area (Å²) in [5.74, 6) is 0.717. The van der Waals surface area contributed by atoms with Crippen molar-refractivity contribution < 1.29 is 5.11 Å². The summed E-state index contributed by atoms with van der Waals surface area (Å²) in [6.45, 7) is 4.75. The highest BCUT2D eigenvalue weighted by Crippen LogP contribution is 2.20. The van der Waals surface area contributed by atoms with E-state index in [1.165, 1.54) is 17.8 Å². The third-order valence-electron chi connectivity index (χ3n) is 2.19. The van der Waals surface area contributed by atoms with Gasteiger partial charge in [0.2, 0.25) is 5.88 Å². The lowest BCUT2D eigenvalue weighted by molar-refractivity contribution is 0.444. The molecule has 17 heavy (non-hydrogen) atoms. The number of aromatic hydroxyl groups is 1. The van der Waals surface area contributed by atoms with E-state index in [1.807, 2.05) is 30.8 Å². The molecule has 0 radical (unpaired) electrons. The van der Waals surface area contributed by atoms with Gasteiger partial charge in [-0.05, 0) is 19.9 Å². The van der Waals surface area contributed by atoms with Crippen molar-refractivity contribution in [1.82, 2.24) is 19.7 Å². The Labute approximate surface area is 104 Å². The van der Waals surface area contributed by atoms with E-state index < -0.39 is 0 Å². The molecule has 0 aliphatic heterocycles. The highest BCUT2D eigenvalue weighted by atomic mass is 32.2. The minimum Gasteiger partial charge on any atom is -0.493 e. The zero-order valence-corrected chi connectivity index (χ0v) is 10.6. The monoisotopic (exact) mass is 250 g/mol. The number of thioether (sulfide) groups is 1. The first-order valence-corrected chi connectivity index (χ1v) is 6.35. The van der Waals surface area contributed by atoms with Crippen molar-refractivity contribution >= 4 is 11.8 Å². The highest BCUT2D eigenvalue weighted by molar-refractivity contribution is 7.98. The molecule has 2 aromatic rings. The molecule has 0 aliphatic rings. The average molecular weight is 250 g/mol. The normalized spacial score (nSPS) is 10.7. The lowest BCUT2D eigenvalue weighted by Crippen LogP contribution is -1.95. The van der Waals surface area contributed by atoms with E-state index in [0.29, 0.717) is 10.9 Å². The molecular weight excluding hydrogens is 236 g/mol. The predicted molar refractivity (Wildman–Crippen MR) is 65.9 cm³/mol. The van der Waals surface area contributed by atoms with Gasteiger partial charge in [-0.3, -0.25) is 4.68 Å². The molecule has 2 heterocycles. The van der Waals surface area contributed by atoms with Gasteiger partial charge in [0.05, 0.1) is 5.69 Å². The summed E-state index contributed by atoms with van der Waals surface area (Å²) >= 11 is 1.47. The van der Waals surface area contributed by atoms with Gasteiger partial charge in [-0.25, -0.2) is 4.98 Å². The molecule has 0 aromatic carbocycles. The van der Waals surface area contributed by atoms with Crippen LogP contribution < -0.4 is 0 Å². The highest BCUT2D eigenvalue weighted by Gasteiger charge is 2.04. The van der Waals surface area contributed by atoms with Crippen LogP contribution in [0.25, 0.3) is 0 Å². The SMILES string of the molecule is CCn1ccc(CSc2nc(C)cc(O)n2)n1. The third-order valence-corrected chi connectivity index (χ3v) is 3.07. The number of aryl methyl sites for hydroxylation is 2. The molecule has 0 saturated carbocycles. The van der Waals surface area contributed by atoms with E-state index in [-0.39, 0.29) is 5.88 Å². The van der Waals surface area contributed by atoms with Gasteiger partial charge in [-0.15, -0.1) is 0 Å². The zero-order chi connectivity index (χ0) is 12.3. The first kappa shape index (κ1) is 11.9. The molecule has 5 nitrogen and oxygen atoms in total. The standard InChI is InChI=1S/C11H14N4OS/c1-3-15-5-4-9(14-15)7-17-11-12-8(2)6-10(16)13-11/h4-6H,3,7H2,1-2H3,(H,12,13,16). The third kappa shape index (κ3) is 3.20. The number of hydrogen-bond acceptors (Lipinski definition) is 5. The molecule has 0 fully saturated rings. The van der Waals surface area contributed by atoms with Gasteiger partial charge in [-0.1, -0.05) is 11.8 Å². The zero-order valence-electron chi connectivity index (χ0n) is 9.79. The number of aromatic nitrogens is 4. The van der Waals surface area contributed by atoms with Gasteiger partial charge in [0.15, 0.2) is 5.16 Å². The van der Waals surface area contributed by atoms with Crippen molar-refractivity contribution in [3.05, 3.63) is 29.7 Å². The maximum absolute atomic E-state index is 9.35. The van der Waals surface area contributed by atoms with Gasteiger partial charge in [0, 0.05) is 30.3 Å². The van der Waals surface area contributed by atoms with E-state index in [9.17, 15) is 5.11 Å². The Morgan fingerprint density at radius 1 is 1.41 bits per heavy atom. The van der Waals surface area contributed by atoms with Crippen molar-refractivity contribution in [2.75, 3.05) is 0 Å². The number of rotatable bonds is 4. The van der Waals surface area contributed by atoms with Crippen LogP contribution in [0, 0.1) is 6.92 Å². The first-order valence-electron chi connectivity index (χ1n) is 5.37. The fraction of sp³-hybridized carbons (Fsp3) is 0.364. The summed E-state index contributed by atoms with van der Waals surface area (Å²) in [6.07, 6.45) is 1.95. The van der Waals surface area contributed by atoms with Gasteiger partial charge in [-0.2, -0.15) is 10.1 Å². The topological polar surface area (TPSA) is 63.8 Å². The summed E-state index contributed by atoms with van der Waals surface area (Å²) < 4.78 is 1.88. The van der Waals surface area contributed by atoms with Crippen LogP contribution in [0.4, 0.5) is 0 Å². The largest absolute Gasteiger partial charge is 0.493 e. The molecule has 0 aliphatic carbocycles. The van der Waals surface area contributed by atoms with Crippen molar-refractivity contribution in [3.8, 4) is 5.88 Å². The summed E-state index contributed by atoms with van der Waals surface area (Å²) in [7, 11) is 0. The maximum atomic E-state index is 9.35. The van der Waals surface area contributed by atoms with Crippen LogP contribution in [0.3, 0.4) is 0 Å². The lowest BCUT2D eigenvalue weighted by atomic mass is 10.4. The van der Waals surface area contributed by atoms with Gasteiger partial charge in [0.1, 0.15) is 0 Å². The van der Waals surface area contributed by atoms with Crippen LogP contribution in [-0.2, 0) is 12.3 Å². The van der Waals surface area contributed by atoms with E-state index in [4.69, 9.17) is 0 Å². The van der Waals surface area contributed by atoms with Gasteiger partial charge >= 0.3 is 0 Å². The average Bonchev–Trinajstić information content (AvgIpc) is 2.73. The Morgan fingerprint density at radius 2 is 2.24 bits per heavy atom. The van der Waals surface area contributed by atoms with Crippen LogP contribution in [0.1, 0.15) is 18.3 Å². The number of hydrogen-bond donors (Lipinski definition) is 1. The van der Waals surface area contributed by atoms with Gasteiger partial charge < -0.3 is 5.11 Å². The quantitative estimate of drug-likeness (QED) is 0.664. The Kier molecular flexibility index (Phi) is 3.63. The van der Waals surface area contributed by atoms with Crippen LogP contribution in [-0.4, -0.2) is 24.9 Å². The van der Waals surface area contributed by atoms with Crippen molar-refractivity contribution in [2.24, 2.45) is 0 Å². The minimum absolute atomic E-state index is 0.0130. The molecule has 0 saturated heterocycles. The van der Waals surface area contributed by atoms with Crippen LogP contribution in [0.2, 0.25) is 0 Å². The fourth-order valence-electron chi connectivity index (χ4n) is 1.39. The van der Waals surface area contributed by atoms with Crippen LogP contribution >= 0.6 is 11.8 Å². The van der Waals surface area contributed by atoms with Crippen molar-refractivity contribution in [3.63, 3.8) is 0 Å². The van der Waals surface area contributed by atoms with Crippen LogP contribution in [0.5, 0.6) is 5.88 Å². The molecule has 0 spiro atoms. The molecule has 2 rings (SSSR count). The molecular formula is C11H14N4OS.